The lowest BCUT2D eigenvalue weighted by molar-refractivity contribution is -0.116. The third-order valence-corrected chi connectivity index (χ3v) is 7.39. The quantitative estimate of drug-likeness (QED) is 0.242. The van der Waals surface area contributed by atoms with Crippen molar-refractivity contribution >= 4 is 52.1 Å². The molecule has 0 unspecified atom stereocenters. The number of nitrogens with zero attached hydrogens (tertiary/aromatic N) is 2. The Morgan fingerprint density at radius 3 is 2.73 bits per heavy atom. The Morgan fingerprint density at radius 2 is 1.95 bits per heavy atom. The second-order valence-corrected chi connectivity index (χ2v) is 9.96. The van der Waals surface area contributed by atoms with Gasteiger partial charge in [0, 0.05) is 30.4 Å². The van der Waals surface area contributed by atoms with E-state index in [9.17, 15) is 4.79 Å². The molecule has 2 aromatic heterocycles. The first-order valence-corrected chi connectivity index (χ1v) is 13.0. The average molecular weight is 551 g/mol. The van der Waals surface area contributed by atoms with Crippen LogP contribution in [0.2, 0.25) is 10.0 Å². The maximum absolute atomic E-state index is 12.8. The molecule has 0 bridgehead atoms. The number of carbonyl (C=O) groups is 1. The average Bonchev–Trinajstić information content (AvgIpc) is 3.49. The molecule has 2 aromatic carbocycles. The Bertz CT molecular complexity index is 1440. The molecule has 0 radical (unpaired) electrons. The van der Waals surface area contributed by atoms with E-state index >= 15 is 0 Å². The summed E-state index contributed by atoms with van der Waals surface area (Å²) in [6.45, 7) is 2.38. The summed E-state index contributed by atoms with van der Waals surface area (Å²) >= 11 is 18.4. The van der Waals surface area contributed by atoms with E-state index < -0.39 is 0 Å². The molecule has 1 fully saturated rings. The summed E-state index contributed by atoms with van der Waals surface area (Å²) < 4.78 is 6.32. The van der Waals surface area contributed by atoms with Crippen LogP contribution in [0.15, 0.2) is 83.4 Å². The Labute approximate surface area is 230 Å². The van der Waals surface area contributed by atoms with Crippen molar-refractivity contribution in [1.82, 2.24) is 15.2 Å². The maximum atomic E-state index is 12.8. The second kappa shape index (κ2) is 10.9. The Hall–Kier alpha value is -3.39. The van der Waals surface area contributed by atoms with Gasteiger partial charge < -0.3 is 20.0 Å². The molecule has 0 saturated carbocycles. The fourth-order valence-electron chi connectivity index (χ4n) is 4.47. The molecule has 188 valence electrons. The van der Waals surface area contributed by atoms with Gasteiger partial charge in [-0.1, -0.05) is 47.5 Å². The highest BCUT2D eigenvalue weighted by molar-refractivity contribution is 7.80. The zero-order valence-electron chi connectivity index (χ0n) is 19.9. The number of aromatic nitrogens is 1. The summed E-state index contributed by atoms with van der Waals surface area (Å²) in [5.74, 6) is 1.17. The van der Waals surface area contributed by atoms with Gasteiger partial charge in [0.15, 0.2) is 5.11 Å². The van der Waals surface area contributed by atoms with Gasteiger partial charge in [-0.05, 0) is 73.2 Å². The second-order valence-electron chi connectivity index (χ2n) is 8.79. The lowest BCUT2D eigenvalue weighted by Crippen LogP contribution is -2.32. The number of furan rings is 1. The van der Waals surface area contributed by atoms with Crippen molar-refractivity contribution in [1.29, 1.82) is 0 Å². The smallest absolute Gasteiger partial charge is 0.226 e. The third kappa shape index (κ3) is 5.49. The van der Waals surface area contributed by atoms with Crippen LogP contribution in [0.25, 0.3) is 11.3 Å². The largest absolute Gasteiger partial charge is 0.459 e. The van der Waals surface area contributed by atoms with Crippen LogP contribution < -0.4 is 10.6 Å². The van der Waals surface area contributed by atoms with Crippen LogP contribution in [0.1, 0.15) is 35.5 Å². The summed E-state index contributed by atoms with van der Waals surface area (Å²) in [6, 6.07) is 22.1. The van der Waals surface area contributed by atoms with Crippen molar-refractivity contribution in [2.24, 2.45) is 0 Å². The van der Waals surface area contributed by atoms with E-state index in [-0.39, 0.29) is 24.4 Å². The molecular weight excluding hydrogens is 527 g/mol. The van der Waals surface area contributed by atoms with E-state index in [1.165, 1.54) is 0 Å². The van der Waals surface area contributed by atoms with Gasteiger partial charge in [0.05, 0.1) is 21.8 Å². The van der Waals surface area contributed by atoms with Crippen molar-refractivity contribution < 1.29 is 9.21 Å². The Balaban J connectivity index is 1.42. The van der Waals surface area contributed by atoms with E-state index in [0.717, 1.165) is 16.9 Å². The minimum absolute atomic E-state index is 0.0979. The third-order valence-electron chi connectivity index (χ3n) is 6.21. The Kier molecular flexibility index (Phi) is 7.46. The molecule has 37 heavy (non-hydrogen) atoms. The number of pyridine rings is 1. The van der Waals surface area contributed by atoms with E-state index in [4.69, 9.17) is 39.8 Å². The van der Waals surface area contributed by atoms with Crippen LogP contribution in [-0.4, -0.2) is 27.4 Å². The van der Waals surface area contributed by atoms with E-state index in [0.29, 0.717) is 38.8 Å². The van der Waals surface area contributed by atoms with Gasteiger partial charge >= 0.3 is 0 Å². The molecule has 1 aliphatic rings. The summed E-state index contributed by atoms with van der Waals surface area (Å²) in [7, 11) is 0. The van der Waals surface area contributed by atoms with Gasteiger partial charge in [0.2, 0.25) is 5.91 Å². The number of amides is 1. The summed E-state index contributed by atoms with van der Waals surface area (Å²) in [5, 5.41) is 7.75. The molecule has 5 rings (SSSR count). The zero-order chi connectivity index (χ0) is 25.9. The lowest BCUT2D eigenvalue weighted by Gasteiger charge is -2.25. The standard InChI is InChI=1S/C28H24Cl2N4O2S/c1-17-6-4-7-18(16-17)32-24(35)13-15-34-27(26(33-28(34)37)21-10-2-3-14-31-21)23-12-11-22(36-23)19-8-5-9-20(29)25(19)30/h2-12,14,16,26-27H,13,15H2,1H3,(H,32,35)(H,33,37)/t26-,27+/m1/s1. The van der Waals surface area contributed by atoms with E-state index in [1.54, 1.807) is 12.3 Å². The molecule has 2 atom stereocenters. The molecule has 4 aromatic rings. The van der Waals surface area contributed by atoms with Gasteiger partial charge in [-0.25, -0.2) is 0 Å². The molecule has 0 spiro atoms. The number of rotatable bonds is 7. The SMILES string of the molecule is Cc1cccc(NC(=O)CCN2C(=S)N[C@H](c3ccccn3)[C@@H]2c2ccc(-c3cccc(Cl)c3Cl)o2)c1. The van der Waals surface area contributed by atoms with Crippen LogP contribution >= 0.6 is 35.4 Å². The molecule has 0 aliphatic carbocycles. The molecule has 1 saturated heterocycles. The highest BCUT2D eigenvalue weighted by Gasteiger charge is 2.41. The van der Waals surface area contributed by atoms with Crippen molar-refractivity contribution in [3.05, 3.63) is 106 Å². The first-order valence-electron chi connectivity index (χ1n) is 11.8. The first kappa shape index (κ1) is 25.3. The molecular formula is C28H24Cl2N4O2S. The number of benzene rings is 2. The number of nitrogens with one attached hydrogen (secondary N) is 2. The van der Waals surface area contributed by atoms with Crippen LogP contribution in [0.3, 0.4) is 0 Å². The van der Waals surface area contributed by atoms with Crippen molar-refractivity contribution in [2.75, 3.05) is 11.9 Å². The fourth-order valence-corrected chi connectivity index (χ4v) is 5.20. The number of thiocarbonyl (C=S) groups is 1. The number of halogens is 2. The van der Waals surface area contributed by atoms with E-state index in [1.807, 2.05) is 78.6 Å². The Morgan fingerprint density at radius 1 is 1.11 bits per heavy atom. The number of aryl methyl sites for hydroxylation is 1. The minimum atomic E-state index is -0.319. The topological polar surface area (TPSA) is 70.4 Å². The number of hydrogen-bond donors (Lipinski definition) is 2. The molecule has 6 nitrogen and oxygen atoms in total. The minimum Gasteiger partial charge on any atom is -0.459 e. The monoisotopic (exact) mass is 550 g/mol. The van der Waals surface area contributed by atoms with Crippen molar-refractivity contribution in [3.63, 3.8) is 0 Å². The van der Waals surface area contributed by atoms with Crippen molar-refractivity contribution in [2.45, 2.75) is 25.4 Å². The van der Waals surface area contributed by atoms with Gasteiger partial charge in [0.25, 0.3) is 0 Å². The van der Waals surface area contributed by atoms with Gasteiger partial charge in [-0.15, -0.1) is 0 Å². The summed E-state index contributed by atoms with van der Waals surface area (Å²) in [4.78, 5) is 19.3. The zero-order valence-corrected chi connectivity index (χ0v) is 22.3. The molecule has 3 heterocycles. The van der Waals surface area contributed by atoms with Crippen LogP contribution in [-0.2, 0) is 4.79 Å². The normalized spacial score (nSPS) is 17.1. The number of carbonyl (C=O) groups excluding carboxylic acids is 1. The molecule has 2 N–H and O–H groups in total. The molecule has 1 aliphatic heterocycles. The number of anilines is 1. The van der Waals surface area contributed by atoms with Gasteiger partial charge in [0.1, 0.15) is 17.6 Å². The number of hydrogen-bond acceptors (Lipinski definition) is 4. The molecule has 9 heteroatoms. The fraction of sp³-hybridized carbons (Fsp3) is 0.179. The summed E-state index contributed by atoms with van der Waals surface area (Å²) in [6.07, 6.45) is 1.99. The summed E-state index contributed by atoms with van der Waals surface area (Å²) in [5.41, 5.74) is 3.37. The predicted octanol–water partition coefficient (Wildman–Crippen LogP) is 6.96. The molecule has 1 amide bonds. The predicted molar refractivity (Wildman–Crippen MR) is 151 cm³/mol. The van der Waals surface area contributed by atoms with Crippen LogP contribution in [0, 0.1) is 6.92 Å². The lowest BCUT2D eigenvalue weighted by atomic mass is 10.0. The first-order chi connectivity index (χ1) is 17.9. The van der Waals surface area contributed by atoms with Crippen molar-refractivity contribution in [3.8, 4) is 11.3 Å². The van der Waals surface area contributed by atoms with Gasteiger partial charge in [-0.2, -0.15) is 0 Å². The highest BCUT2D eigenvalue weighted by Crippen LogP contribution is 2.42. The highest BCUT2D eigenvalue weighted by atomic mass is 35.5. The van der Waals surface area contributed by atoms with Crippen LogP contribution in [0.5, 0.6) is 0 Å². The van der Waals surface area contributed by atoms with Crippen LogP contribution in [0.4, 0.5) is 5.69 Å². The van der Waals surface area contributed by atoms with Gasteiger partial charge in [-0.3, -0.25) is 9.78 Å². The van der Waals surface area contributed by atoms with E-state index in [2.05, 4.69) is 15.6 Å². The maximum Gasteiger partial charge on any atom is 0.226 e.